The molecule has 0 amide bonds. The maximum Gasteiger partial charge on any atom is 0.292 e. The smallest absolute Gasteiger partial charge is 0.292 e. The fourth-order valence-corrected chi connectivity index (χ4v) is 2.07. The van der Waals surface area contributed by atoms with E-state index < -0.39 is 10.1 Å². The Morgan fingerprint density at radius 3 is 2.77 bits per heavy atom. The largest absolute Gasteiger partial charge is 0.399 e. The van der Waals surface area contributed by atoms with Crippen molar-refractivity contribution in [3.05, 3.63) is 22.8 Å². The van der Waals surface area contributed by atoms with E-state index in [0.717, 1.165) is 0 Å². The zero-order chi connectivity index (χ0) is 10.1. The Kier molecular flexibility index (Phi) is 2.74. The van der Waals surface area contributed by atoms with Crippen LogP contribution in [0.25, 0.3) is 0 Å². The predicted molar refractivity (Wildman–Crippen MR) is 49.4 cm³/mol. The average molecular weight is 204 g/mol. The maximum absolute atomic E-state index is 10.9. The van der Waals surface area contributed by atoms with Gasteiger partial charge in [0, 0.05) is 11.7 Å². The normalized spacial score (nSPS) is 23.7. The highest BCUT2D eigenvalue weighted by Crippen LogP contribution is 2.19. The van der Waals surface area contributed by atoms with E-state index in [4.69, 9.17) is 10.3 Å². The molecule has 0 aromatic heterocycles. The van der Waals surface area contributed by atoms with Gasteiger partial charge in [0.05, 0.1) is 4.91 Å². The van der Waals surface area contributed by atoms with Gasteiger partial charge < -0.3 is 11.1 Å². The SMILES string of the molecule is CNC1CC=C(N)C=C1S(=O)(=O)O. The highest BCUT2D eigenvalue weighted by Gasteiger charge is 2.25. The van der Waals surface area contributed by atoms with Crippen LogP contribution in [0.1, 0.15) is 6.42 Å². The first kappa shape index (κ1) is 10.2. The molecule has 0 spiro atoms. The van der Waals surface area contributed by atoms with Gasteiger partial charge in [-0.05, 0) is 19.5 Å². The molecule has 0 heterocycles. The summed E-state index contributed by atoms with van der Waals surface area (Å²) in [6, 6.07) is -0.387. The number of likely N-dealkylation sites (N-methyl/N-ethyl adjacent to an activating group) is 1. The van der Waals surface area contributed by atoms with E-state index in [0.29, 0.717) is 12.1 Å². The molecule has 1 unspecified atom stereocenters. The van der Waals surface area contributed by atoms with E-state index in [9.17, 15) is 8.42 Å². The van der Waals surface area contributed by atoms with Crippen LogP contribution in [0.2, 0.25) is 0 Å². The molecule has 1 atom stereocenters. The van der Waals surface area contributed by atoms with E-state index in [2.05, 4.69) is 5.32 Å². The Labute approximate surface area is 77.1 Å². The first-order valence-corrected chi connectivity index (χ1v) is 5.21. The summed E-state index contributed by atoms with van der Waals surface area (Å²) in [6.45, 7) is 0. The Bertz CT molecular complexity index is 356. The number of nitrogens with two attached hydrogens (primary N) is 1. The molecule has 0 saturated carbocycles. The van der Waals surface area contributed by atoms with Crippen LogP contribution in [0.15, 0.2) is 22.8 Å². The highest BCUT2D eigenvalue weighted by molar-refractivity contribution is 7.89. The first-order valence-electron chi connectivity index (χ1n) is 3.77. The molecule has 4 N–H and O–H groups in total. The third kappa shape index (κ3) is 2.30. The second-order valence-electron chi connectivity index (χ2n) is 2.80. The molecule has 1 rings (SSSR count). The van der Waals surface area contributed by atoms with Crippen molar-refractivity contribution in [2.45, 2.75) is 12.5 Å². The van der Waals surface area contributed by atoms with Gasteiger partial charge >= 0.3 is 0 Å². The van der Waals surface area contributed by atoms with Gasteiger partial charge in [0.25, 0.3) is 10.1 Å². The number of allylic oxidation sites excluding steroid dienone is 1. The summed E-state index contributed by atoms with van der Waals surface area (Å²) in [5.41, 5.74) is 5.78. The van der Waals surface area contributed by atoms with E-state index in [1.54, 1.807) is 13.1 Å². The van der Waals surface area contributed by atoms with Crippen molar-refractivity contribution < 1.29 is 13.0 Å². The number of rotatable bonds is 2. The van der Waals surface area contributed by atoms with E-state index in [1.165, 1.54) is 6.08 Å². The van der Waals surface area contributed by atoms with Crippen molar-refractivity contribution in [3.8, 4) is 0 Å². The Morgan fingerprint density at radius 2 is 2.31 bits per heavy atom. The molecule has 0 radical (unpaired) electrons. The average Bonchev–Trinajstić information content (AvgIpc) is 2.03. The zero-order valence-electron chi connectivity index (χ0n) is 7.19. The van der Waals surface area contributed by atoms with Gasteiger partial charge in [-0.25, -0.2) is 0 Å². The van der Waals surface area contributed by atoms with Crippen LogP contribution < -0.4 is 11.1 Å². The summed E-state index contributed by atoms with van der Waals surface area (Å²) in [6.07, 6.45) is 3.43. The lowest BCUT2D eigenvalue weighted by atomic mass is 10.1. The van der Waals surface area contributed by atoms with Gasteiger partial charge in [0.2, 0.25) is 0 Å². The van der Waals surface area contributed by atoms with Gasteiger partial charge in [-0.1, -0.05) is 6.08 Å². The molecule has 0 aliphatic heterocycles. The lowest BCUT2D eigenvalue weighted by molar-refractivity contribution is 0.482. The Morgan fingerprint density at radius 1 is 1.69 bits per heavy atom. The second-order valence-corrected chi connectivity index (χ2v) is 4.22. The van der Waals surface area contributed by atoms with Crippen LogP contribution in [0.4, 0.5) is 0 Å². The lowest BCUT2D eigenvalue weighted by Crippen LogP contribution is -2.32. The molecular formula is C7H12N2O3S. The molecule has 0 saturated heterocycles. The van der Waals surface area contributed by atoms with Crippen LogP contribution in [0.5, 0.6) is 0 Å². The predicted octanol–water partition coefficient (Wildman–Crippen LogP) is -0.408. The molecule has 0 aromatic carbocycles. The summed E-state index contributed by atoms with van der Waals surface area (Å²) in [4.78, 5) is -0.0741. The molecule has 1 aliphatic carbocycles. The monoisotopic (exact) mass is 204 g/mol. The number of hydrogen-bond acceptors (Lipinski definition) is 4. The fourth-order valence-electron chi connectivity index (χ4n) is 1.21. The van der Waals surface area contributed by atoms with Crippen molar-refractivity contribution in [1.82, 2.24) is 5.32 Å². The third-order valence-electron chi connectivity index (χ3n) is 1.89. The molecule has 6 heteroatoms. The van der Waals surface area contributed by atoms with Crippen molar-refractivity contribution in [2.75, 3.05) is 7.05 Å². The van der Waals surface area contributed by atoms with Crippen molar-refractivity contribution in [2.24, 2.45) is 5.73 Å². The van der Waals surface area contributed by atoms with E-state index in [-0.39, 0.29) is 10.9 Å². The number of hydrogen-bond donors (Lipinski definition) is 3. The Hall–Kier alpha value is -0.850. The van der Waals surface area contributed by atoms with Gasteiger partial charge in [-0.15, -0.1) is 0 Å². The first-order chi connectivity index (χ1) is 5.95. The molecule has 0 aromatic rings. The molecule has 5 nitrogen and oxygen atoms in total. The topological polar surface area (TPSA) is 92.4 Å². The third-order valence-corrected chi connectivity index (χ3v) is 2.89. The standard InChI is InChI=1S/C7H12N2O3S/c1-9-6-3-2-5(8)4-7(6)13(10,11)12/h2,4,6,9H,3,8H2,1H3,(H,10,11,12). The van der Waals surface area contributed by atoms with Gasteiger partial charge in [-0.2, -0.15) is 8.42 Å². The van der Waals surface area contributed by atoms with Crippen molar-refractivity contribution in [3.63, 3.8) is 0 Å². The molecular weight excluding hydrogens is 192 g/mol. The molecule has 74 valence electrons. The Balaban J connectivity index is 3.09. The minimum absolute atomic E-state index is 0.0741. The van der Waals surface area contributed by atoms with Crippen molar-refractivity contribution in [1.29, 1.82) is 0 Å². The summed E-state index contributed by atoms with van der Waals surface area (Å²) < 4.78 is 30.6. The summed E-state index contributed by atoms with van der Waals surface area (Å²) in [5, 5.41) is 2.77. The van der Waals surface area contributed by atoms with Crippen molar-refractivity contribution >= 4 is 10.1 Å². The van der Waals surface area contributed by atoms with E-state index >= 15 is 0 Å². The fraction of sp³-hybridized carbons (Fsp3) is 0.429. The quantitative estimate of drug-likeness (QED) is 0.532. The maximum atomic E-state index is 10.9. The minimum atomic E-state index is -4.14. The highest BCUT2D eigenvalue weighted by atomic mass is 32.2. The lowest BCUT2D eigenvalue weighted by Gasteiger charge is -2.19. The van der Waals surface area contributed by atoms with Crippen LogP contribution in [-0.4, -0.2) is 26.1 Å². The summed E-state index contributed by atoms with van der Waals surface area (Å²) >= 11 is 0. The van der Waals surface area contributed by atoms with Crippen LogP contribution >= 0.6 is 0 Å². The van der Waals surface area contributed by atoms with Crippen LogP contribution in [0, 0.1) is 0 Å². The van der Waals surface area contributed by atoms with Crippen LogP contribution in [-0.2, 0) is 10.1 Å². The molecule has 1 aliphatic rings. The van der Waals surface area contributed by atoms with Gasteiger partial charge in [0.15, 0.2) is 0 Å². The second kappa shape index (κ2) is 3.49. The summed E-state index contributed by atoms with van der Waals surface area (Å²) in [7, 11) is -2.52. The van der Waals surface area contributed by atoms with Crippen LogP contribution in [0.3, 0.4) is 0 Å². The molecule has 0 bridgehead atoms. The molecule has 0 fully saturated rings. The molecule has 13 heavy (non-hydrogen) atoms. The van der Waals surface area contributed by atoms with E-state index in [1.807, 2.05) is 0 Å². The minimum Gasteiger partial charge on any atom is -0.399 e. The number of nitrogens with one attached hydrogen (secondary N) is 1. The van der Waals surface area contributed by atoms with Gasteiger partial charge in [0.1, 0.15) is 0 Å². The summed E-state index contributed by atoms with van der Waals surface area (Å²) in [5.74, 6) is 0. The van der Waals surface area contributed by atoms with Gasteiger partial charge in [-0.3, -0.25) is 4.55 Å². The zero-order valence-corrected chi connectivity index (χ0v) is 8.00.